The van der Waals surface area contributed by atoms with Crippen LogP contribution in [0.3, 0.4) is 0 Å². The van der Waals surface area contributed by atoms with Crippen molar-refractivity contribution in [2.24, 2.45) is 0 Å². The predicted octanol–water partition coefficient (Wildman–Crippen LogP) is 4.42. The van der Waals surface area contributed by atoms with Gasteiger partial charge in [-0.05, 0) is 93.9 Å². The molecule has 23 heteroatoms. The Morgan fingerprint density at radius 1 is 0.566 bits per heavy atom. The van der Waals surface area contributed by atoms with Crippen LogP contribution in [0.15, 0.2) is 24.3 Å². The van der Waals surface area contributed by atoms with Crippen molar-refractivity contribution in [3.63, 3.8) is 0 Å². The van der Waals surface area contributed by atoms with Crippen LogP contribution in [0.1, 0.15) is 155 Å². The molecule has 456 valence electrons. The van der Waals surface area contributed by atoms with E-state index in [-0.39, 0.29) is 101 Å². The van der Waals surface area contributed by atoms with E-state index in [1.54, 1.807) is 20.8 Å². The number of likely N-dealkylation sites (N-methyl/N-ethyl adjacent to an activating group) is 2. The Bertz CT molecular complexity index is 2820. The molecule has 8 fully saturated rings. The highest BCUT2D eigenvalue weighted by Gasteiger charge is 2.56. The standard InChI is InChI=1S/C60H80N2O21/c1-12-60(69)23-42(78-43-17-33(61(8)9)53(26(4)70-43)79-45-21-38-55(28(6)72-45)82-58-40(76-38)19-36(64)24(2)74-58)31-16-32-48(50(66)30-14-13-15-35(63)47(30)51(32)67)52(68)49(31)57(60)81-44-18-34(62(10)11)54(27(5)71-44)80-46-22-39-56(29(7)73-46)83-59-41(77-39)20-37(65)25(3)75-59/h13-16,24-29,33-34,38-46,53-59,63,68-69H,12,17-23H2,1-11H3/t24-,25+,26-,27+,28-,29+,33-,34+,38-,39+,40-,41+,42-,43-,44+,45-,46+,53+,54-,55+,56-,57+,58-,59+,60?/m0/s1. The van der Waals surface area contributed by atoms with E-state index in [1.807, 2.05) is 65.7 Å². The van der Waals surface area contributed by atoms with Gasteiger partial charge in [0.1, 0.15) is 66.4 Å². The Morgan fingerprint density at radius 3 is 1.55 bits per heavy atom. The van der Waals surface area contributed by atoms with Crippen molar-refractivity contribution in [2.45, 2.75) is 253 Å². The van der Waals surface area contributed by atoms with Crippen molar-refractivity contribution in [1.82, 2.24) is 9.80 Å². The number of nitrogens with zero attached hydrogens (tertiary/aromatic N) is 2. The van der Waals surface area contributed by atoms with Gasteiger partial charge in [0.25, 0.3) is 0 Å². The smallest absolute Gasteiger partial charge is 0.198 e. The summed E-state index contributed by atoms with van der Waals surface area (Å²) >= 11 is 0. The first kappa shape index (κ1) is 59.4. The summed E-state index contributed by atoms with van der Waals surface area (Å²) in [5.74, 6) is -2.40. The molecule has 8 heterocycles. The Hall–Kier alpha value is -3.96. The van der Waals surface area contributed by atoms with Gasteiger partial charge in [0.15, 0.2) is 60.9 Å². The average Bonchev–Trinajstić information content (AvgIpc) is 1.44. The highest BCUT2D eigenvalue weighted by atomic mass is 16.8. The van der Waals surface area contributed by atoms with E-state index in [9.17, 15) is 34.5 Å². The molecule has 0 spiro atoms. The SMILES string of the molecule is CCC1(O)C[C@H](O[C@H]2C[C@H](N(C)C)[C@H](O[C@H]3C[C@@H]4O[C@H]5CC(=O)[C@H](C)O[C@H]5O[C@@H]4[C@H](C)O3)[C@H](C)O2)c2cc3c(c(O)c2[C@H]1O[C@@H]1C[C@@H](N(C)C)[C@@H](O[C@@H]2C[C@H]4O[C@@H]5CC(=O)[C@@H](C)O[C@@H]5O[C@H]4[C@@H](C)O2)[C@@H](C)O1)C(=O)c1cccc(O)c1C3=O. The molecule has 2 aromatic carbocycles. The van der Waals surface area contributed by atoms with E-state index in [2.05, 4.69) is 0 Å². The Labute approximate surface area is 482 Å². The second kappa shape index (κ2) is 23.0. The van der Waals surface area contributed by atoms with Crippen molar-refractivity contribution in [3.05, 3.63) is 57.6 Å². The minimum absolute atomic E-state index is 0.0461. The second-order valence-electron chi connectivity index (χ2n) is 24.9. The van der Waals surface area contributed by atoms with Gasteiger partial charge < -0.3 is 91.4 Å². The molecule has 3 N–H and O–H groups in total. The lowest BCUT2D eigenvalue weighted by Gasteiger charge is -2.51. The molecule has 0 aromatic heterocycles. The van der Waals surface area contributed by atoms with Gasteiger partial charge in [0.05, 0.1) is 59.5 Å². The van der Waals surface area contributed by atoms with Crippen LogP contribution in [-0.4, -0.2) is 217 Å². The number of hydrogen-bond acceptors (Lipinski definition) is 23. The molecule has 0 saturated carbocycles. The van der Waals surface area contributed by atoms with E-state index in [0.717, 1.165) is 0 Å². The Kier molecular flexibility index (Phi) is 16.4. The third-order valence-corrected chi connectivity index (χ3v) is 19.0. The zero-order valence-electron chi connectivity index (χ0n) is 48.9. The van der Waals surface area contributed by atoms with Gasteiger partial charge in [-0.3, -0.25) is 19.2 Å². The number of fused-ring (bicyclic) bond motifs is 7. The summed E-state index contributed by atoms with van der Waals surface area (Å²) in [4.78, 5) is 58.2. The molecule has 0 amide bonds. The second-order valence-corrected chi connectivity index (χ2v) is 24.9. The fraction of sp³-hybridized carbons (Fsp3) is 0.733. The lowest BCUT2D eigenvalue weighted by molar-refractivity contribution is -0.372. The van der Waals surface area contributed by atoms with Crippen LogP contribution in [0.2, 0.25) is 0 Å². The molecule has 0 radical (unpaired) electrons. The van der Waals surface area contributed by atoms with Crippen LogP contribution < -0.4 is 0 Å². The first-order valence-electron chi connectivity index (χ1n) is 29.6. The number of hydrogen-bond donors (Lipinski definition) is 3. The number of phenols is 2. The summed E-state index contributed by atoms with van der Waals surface area (Å²) in [5, 5.41) is 36.8. The number of phenolic OH excluding ortho intramolecular Hbond substituents is 2. The third kappa shape index (κ3) is 10.8. The van der Waals surface area contributed by atoms with Crippen molar-refractivity contribution < 1.29 is 101 Å². The topological polar surface area (TPSA) is 265 Å². The van der Waals surface area contributed by atoms with Crippen molar-refractivity contribution in [3.8, 4) is 11.5 Å². The normalized spacial score (nSPS) is 44.3. The monoisotopic (exact) mass is 1160 g/mol. The van der Waals surface area contributed by atoms with Crippen LogP contribution in [0, 0.1) is 0 Å². The highest BCUT2D eigenvalue weighted by Crippen LogP contribution is 2.55. The van der Waals surface area contributed by atoms with Gasteiger partial charge in [0, 0.05) is 73.7 Å². The summed E-state index contributed by atoms with van der Waals surface area (Å²) in [5.41, 5.74) is -2.14. The fourth-order valence-electron chi connectivity index (χ4n) is 14.4. The summed E-state index contributed by atoms with van der Waals surface area (Å²) in [6.45, 7) is 12.7. The molecular formula is C60H80N2O21. The minimum Gasteiger partial charge on any atom is -0.507 e. The van der Waals surface area contributed by atoms with E-state index >= 15 is 0 Å². The zero-order valence-corrected chi connectivity index (χ0v) is 48.9. The Balaban J connectivity index is 0.793. The summed E-state index contributed by atoms with van der Waals surface area (Å²) < 4.78 is 91.0. The molecule has 10 aliphatic rings. The first-order chi connectivity index (χ1) is 39.5. The third-order valence-electron chi connectivity index (χ3n) is 19.0. The fourth-order valence-corrected chi connectivity index (χ4v) is 14.4. The number of Topliss-reactive ketones (excluding diaryl/α,β-unsaturated/α-hetero) is 2. The number of carbonyl (C=O) groups is 4. The Morgan fingerprint density at radius 2 is 1.05 bits per heavy atom. The van der Waals surface area contributed by atoms with Crippen molar-refractivity contribution >= 4 is 23.1 Å². The molecule has 25 atom stereocenters. The van der Waals surface area contributed by atoms with Gasteiger partial charge in [0.2, 0.25) is 0 Å². The molecular weight excluding hydrogens is 1080 g/mol. The van der Waals surface area contributed by atoms with E-state index < -0.39 is 158 Å². The van der Waals surface area contributed by atoms with Gasteiger partial charge in [-0.15, -0.1) is 0 Å². The zero-order chi connectivity index (χ0) is 58.8. The molecule has 0 bridgehead atoms. The number of ketones is 4. The molecule has 12 rings (SSSR count). The number of benzene rings is 2. The number of ether oxygens (including phenoxy) is 14. The van der Waals surface area contributed by atoms with Gasteiger partial charge in [-0.2, -0.15) is 0 Å². The predicted molar refractivity (Wildman–Crippen MR) is 286 cm³/mol. The average molecular weight is 1170 g/mol. The molecule has 1 unspecified atom stereocenters. The molecule has 8 saturated heterocycles. The van der Waals surface area contributed by atoms with Gasteiger partial charge in [-0.25, -0.2) is 0 Å². The minimum atomic E-state index is -1.77. The molecule has 2 aliphatic carbocycles. The summed E-state index contributed by atoms with van der Waals surface area (Å²) in [7, 11) is 7.70. The highest BCUT2D eigenvalue weighted by molar-refractivity contribution is 6.30. The van der Waals surface area contributed by atoms with Crippen molar-refractivity contribution in [2.75, 3.05) is 28.2 Å². The first-order valence-corrected chi connectivity index (χ1v) is 29.6. The van der Waals surface area contributed by atoms with E-state index in [1.165, 1.54) is 24.3 Å². The summed E-state index contributed by atoms with van der Waals surface area (Å²) in [6, 6.07) is 5.07. The lowest BCUT2D eigenvalue weighted by Crippen LogP contribution is -2.62. The van der Waals surface area contributed by atoms with E-state index in [4.69, 9.17) is 66.3 Å². The van der Waals surface area contributed by atoms with Crippen LogP contribution in [0.5, 0.6) is 11.5 Å². The van der Waals surface area contributed by atoms with Crippen LogP contribution in [-0.2, 0) is 75.9 Å². The maximum atomic E-state index is 14.5. The van der Waals surface area contributed by atoms with Crippen LogP contribution in [0.25, 0.3) is 0 Å². The number of rotatable bonds is 11. The maximum absolute atomic E-state index is 14.5. The molecule has 2 aromatic rings. The molecule has 8 aliphatic heterocycles. The van der Waals surface area contributed by atoms with E-state index in [0.29, 0.717) is 12.8 Å². The molecule has 83 heavy (non-hydrogen) atoms. The molecule has 23 nitrogen and oxygen atoms in total. The maximum Gasteiger partial charge on any atom is 0.198 e. The summed E-state index contributed by atoms with van der Waals surface area (Å²) in [6.07, 6.45) is -12.7. The van der Waals surface area contributed by atoms with Gasteiger partial charge in [-0.1, -0.05) is 19.1 Å². The van der Waals surface area contributed by atoms with Crippen LogP contribution in [0.4, 0.5) is 0 Å². The lowest BCUT2D eigenvalue weighted by atomic mass is 9.71. The quantitative estimate of drug-likeness (QED) is 0.240. The van der Waals surface area contributed by atoms with Gasteiger partial charge >= 0.3 is 0 Å². The van der Waals surface area contributed by atoms with Crippen molar-refractivity contribution in [1.29, 1.82) is 0 Å². The van der Waals surface area contributed by atoms with Crippen LogP contribution >= 0.6 is 0 Å². The number of aliphatic hydroxyl groups is 1. The largest absolute Gasteiger partial charge is 0.507 e. The number of carbonyl (C=O) groups excluding carboxylic acids is 4. The number of aromatic hydroxyl groups is 2.